The van der Waals surface area contributed by atoms with Crippen LogP contribution in [-0.2, 0) is 25.7 Å². The molecule has 3 rings (SSSR count). The molecule has 1 N–H and O–H groups in total. The lowest BCUT2D eigenvalue weighted by atomic mass is 10.0. The number of carbonyl (C=O) groups is 3. The van der Waals surface area contributed by atoms with Crippen molar-refractivity contribution < 1.29 is 24.2 Å². The van der Waals surface area contributed by atoms with Crippen molar-refractivity contribution in [3.63, 3.8) is 0 Å². The summed E-state index contributed by atoms with van der Waals surface area (Å²) in [6.45, 7) is 1.54. The maximum absolute atomic E-state index is 13.0. The molecule has 7 heteroatoms. The summed E-state index contributed by atoms with van der Waals surface area (Å²) in [4.78, 5) is 39.7. The van der Waals surface area contributed by atoms with Gasteiger partial charge in [-0.2, -0.15) is 0 Å². The zero-order chi connectivity index (χ0) is 18.5. The van der Waals surface area contributed by atoms with Crippen LogP contribution >= 0.6 is 0 Å². The zero-order valence-corrected chi connectivity index (χ0v) is 14.7. The molecule has 2 aliphatic rings. The molecule has 26 heavy (non-hydrogen) atoms. The van der Waals surface area contributed by atoms with E-state index < -0.39 is 11.9 Å². The quantitative estimate of drug-likeness (QED) is 0.822. The smallest absolute Gasteiger partial charge is 0.323 e. The van der Waals surface area contributed by atoms with E-state index in [0.29, 0.717) is 39.1 Å². The first-order valence-corrected chi connectivity index (χ1v) is 8.96. The molecule has 2 amide bonds. The molecule has 140 valence electrons. The van der Waals surface area contributed by atoms with Gasteiger partial charge in [-0.05, 0) is 18.4 Å². The number of hydrogen-bond donors (Lipinski definition) is 1. The average Bonchev–Trinajstić information content (AvgIpc) is 3.01. The Morgan fingerprint density at radius 3 is 2.54 bits per heavy atom. The molecule has 0 unspecified atom stereocenters. The minimum atomic E-state index is -1.03. The minimum absolute atomic E-state index is 0.0607. The van der Waals surface area contributed by atoms with Gasteiger partial charge in [-0.3, -0.25) is 14.4 Å². The Balaban J connectivity index is 1.67. The maximum Gasteiger partial charge on any atom is 0.323 e. The van der Waals surface area contributed by atoms with Crippen LogP contribution in [-0.4, -0.2) is 65.0 Å². The number of carboxylic acids is 1. The molecule has 7 nitrogen and oxygen atoms in total. The van der Waals surface area contributed by atoms with Crippen LogP contribution in [0, 0.1) is 5.92 Å². The number of carboxylic acid groups (broad SMARTS) is 1. The molecular formula is C19H24N2O5. The molecule has 0 bridgehead atoms. The zero-order valence-electron chi connectivity index (χ0n) is 14.7. The van der Waals surface area contributed by atoms with E-state index in [1.165, 1.54) is 4.90 Å². The predicted molar refractivity (Wildman–Crippen MR) is 93.2 cm³/mol. The molecule has 0 radical (unpaired) electrons. The molecule has 0 saturated carbocycles. The van der Waals surface area contributed by atoms with Crippen molar-refractivity contribution in [1.29, 1.82) is 0 Å². The number of ether oxygens (including phenoxy) is 1. The van der Waals surface area contributed by atoms with Crippen molar-refractivity contribution in [2.75, 3.05) is 26.3 Å². The summed E-state index contributed by atoms with van der Waals surface area (Å²) in [6.07, 6.45) is 1.41. The van der Waals surface area contributed by atoms with Crippen molar-refractivity contribution in [1.82, 2.24) is 9.80 Å². The van der Waals surface area contributed by atoms with E-state index in [1.807, 2.05) is 30.3 Å². The van der Waals surface area contributed by atoms with E-state index in [4.69, 9.17) is 4.74 Å². The highest BCUT2D eigenvalue weighted by atomic mass is 16.5. The monoisotopic (exact) mass is 360 g/mol. The van der Waals surface area contributed by atoms with Gasteiger partial charge >= 0.3 is 5.97 Å². The average molecular weight is 360 g/mol. The molecule has 2 heterocycles. The first-order valence-electron chi connectivity index (χ1n) is 8.96. The van der Waals surface area contributed by atoms with Gasteiger partial charge in [0.15, 0.2) is 0 Å². The van der Waals surface area contributed by atoms with E-state index in [0.717, 1.165) is 5.56 Å². The van der Waals surface area contributed by atoms with E-state index >= 15 is 0 Å². The van der Waals surface area contributed by atoms with E-state index in [2.05, 4.69) is 0 Å². The van der Waals surface area contributed by atoms with Crippen LogP contribution in [0.1, 0.15) is 24.8 Å². The van der Waals surface area contributed by atoms with Gasteiger partial charge in [0.05, 0.1) is 5.92 Å². The number of nitrogens with zero attached hydrogens (tertiary/aromatic N) is 2. The summed E-state index contributed by atoms with van der Waals surface area (Å²) in [5.74, 6) is -1.80. The SMILES string of the molecule is O=C(O)CN(C(=O)[C@@H]1CC(=O)N(Cc2ccccc2)C1)C1CCOCC1. The van der Waals surface area contributed by atoms with Crippen LogP contribution in [0.25, 0.3) is 0 Å². The fourth-order valence-electron chi connectivity index (χ4n) is 3.66. The van der Waals surface area contributed by atoms with Gasteiger partial charge in [0, 0.05) is 38.8 Å². The summed E-state index contributed by atoms with van der Waals surface area (Å²) in [7, 11) is 0. The van der Waals surface area contributed by atoms with Crippen molar-refractivity contribution in [2.24, 2.45) is 5.92 Å². The van der Waals surface area contributed by atoms with Crippen LogP contribution in [0.5, 0.6) is 0 Å². The third kappa shape index (κ3) is 4.40. The second-order valence-electron chi connectivity index (χ2n) is 6.86. The molecule has 2 aliphatic heterocycles. The van der Waals surface area contributed by atoms with Crippen molar-refractivity contribution in [3.8, 4) is 0 Å². The number of carbonyl (C=O) groups excluding carboxylic acids is 2. The summed E-state index contributed by atoms with van der Waals surface area (Å²) in [6, 6.07) is 9.50. The third-order valence-corrected chi connectivity index (χ3v) is 5.00. The van der Waals surface area contributed by atoms with Gasteiger partial charge in [0.2, 0.25) is 11.8 Å². The van der Waals surface area contributed by atoms with Crippen LogP contribution in [0.15, 0.2) is 30.3 Å². The lowest BCUT2D eigenvalue weighted by Crippen LogP contribution is -2.48. The lowest BCUT2D eigenvalue weighted by molar-refractivity contribution is -0.149. The number of amides is 2. The van der Waals surface area contributed by atoms with Gasteiger partial charge in [-0.15, -0.1) is 0 Å². The molecule has 1 aromatic carbocycles. The standard InChI is InChI=1S/C19H24N2O5/c22-17-10-15(12-20(17)11-14-4-2-1-3-5-14)19(25)21(13-18(23)24)16-6-8-26-9-7-16/h1-5,15-16H,6-13H2,(H,23,24)/t15-/m1/s1. The Morgan fingerprint density at radius 1 is 1.19 bits per heavy atom. The molecule has 0 aliphatic carbocycles. The molecule has 0 aromatic heterocycles. The van der Waals surface area contributed by atoms with Crippen LogP contribution in [0.2, 0.25) is 0 Å². The van der Waals surface area contributed by atoms with Crippen molar-refractivity contribution in [2.45, 2.75) is 31.8 Å². The first-order chi connectivity index (χ1) is 12.5. The minimum Gasteiger partial charge on any atom is -0.480 e. The van der Waals surface area contributed by atoms with Crippen molar-refractivity contribution in [3.05, 3.63) is 35.9 Å². The number of rotatable bonds is 6. The second kappa shape index (κ2) is 8.31. The fraction of sp³-hybridized carbons (Fsp3) is 0.526. The van der Waals surface area contributed by atoms with Gasteiger partial charge < -0.3 is 19.6 Å². The number of aliphatic carboxylic acids is 1. The molecule has 1 aromatic rings. The van der Waals surface area contributed by atoms with E-state index in [-0.39, 0.29) is 30.8 Å². The Kier molecular flexibility index (Phi) is 5.88. The second-order valence-corrected chi connectivity index (χ2v) is 6.86. The Morgan fingerprint density at radius 2 is 1.88 bits per heavy atom. The maximum atomic E-state index is 13.0. The molecule has 0 spiro atoms. The van der Waals surface area contributed by atoms with Gasteiger partial charge in [0.25, 0.3) is 0 Å². The summed E-state index contributed by atoms with van der Waals surface area (Å²) in [5.41, 5.74) is 1.01. The molecule has 1 atom stereocenters. The fourth-order valence-corrected chi connectivity index (χ4v) is 3.66. The highest BCUT2D eigenvalue weighted by Gasteiger charge is 2.39. The molecule has 2 fully saturated rings. The molecule has 2 saturated heterocycles. The summed E-state index contributed by atoms with van der Waals surface area (Å²) < 4.78 is 5.31. The Bertz CT molecular complexity index is 657. The predicted octanol–water partition coefficient (Wildman–Crippen LogP) is 1.13. The highest BCUT2D eigenvalue weighted by molar-refractivity contribution is 5.90. The Labute approximate surface area is 152 Å². The first kappa shape index (κ1) is 18.4. The van der Waals surface area contributed by atoms with Crippen LogP contribution in [0.3, 0.4) is 0 Å². The van der Waals surface area contributed by atoms with Gasteiger partial charge in [0.1, 0.15) is 6.54 Å². The summed E-state index contributed by atoms with van der Waals surface area (Å²) >= 11 is 0. The Hall–Kier alpha value is -2.41. The topological polar surface area (TPSA) is 87.2 Å². The third-order valence-electron chi connectivity index (χ3n) is 5.00. The highest BCUT2D eigenvalue weighted by Crippen LogP contribution is 2.25. The largest absolute Gasteiger partial charge is 0.480 e. The van der Waals surface area contributed by atoms with E-state index in [1.54, 1.807) is 4.90 Å². The summed E-state index contributed by atoms with van der Waals surface area (Å²) in [5, 5.41) is 9.20. The normalized spacial score (nSPS) is 21.0. The van der Waals surface area contributed by atoms with Crippen molar-refractivity contribution >= 4 is 17.8 Å². The number of hydrogen-bond acceptors (Lipinski definition) is 4. The number of likely N-dealkylation sites (tertiary alicyclic amines) is 1. The van der Waals surface area contributed by atoms with Crippen LogP contribution < -0.4 is 0 Å². The van der Waals surface area contributed by atoms with Crippen LogP contribution in [0.4, 0.5) is 0 Å². The molecular weight excluding hydrogens is 336 g/mol. The lowest BCUT2D eigenvalue weighted by Gasteiger charge is -2.34. The van der Waals surface area contributed by atoms with Gasteiger partial charge in [-0.1, -0.05) is 30.3 Å². The number of benzene rings is 1. The van der Waals surface area contributed by atoms with E-state index in [9.17, 15) is 19.5 Å². The van der Waals surface area contributed by atoms with Gasteiger partial charge in [-0.25, -0.2) is 0 Å².